The third kappa shape index (κ3) is 3.05. The number of urea groups is 1. The molecule has 0 fully saturated rings. The van der Waals surface area contributed by atoms with Gasteiger partial charge in [-0.1, -0.05) is 16.8 Å². The van der Waals surface area contributed by atoms with Crippen LogP contribution in [0.5, 0.6) is 0 Å². The number of nitrogens with zero attached hydrogens (tertiary/aromatic N) is 1. The van der Waals surface area contributed by atoms with E-state index < -0.39 is 0 Å². The first-order valence-electron chi connectivity index (χ1n) is 6.61. The van der Waals surface area contributed by atoms with Crippen LogP contribution in [0.1, 0.15) is 17.0 Å². The van der Waals surface area contributed by atoms with E-state index >= 15 is 0 Å². The molecule has 0 unspecified atom stereocenters. The summed E-state index contributed by atoms with van der Waals surface area (Å²) in [6.07, 6.45) is 1.57. The van der Waals surface area contributed by atoms with Crippen LogP contribution in [0, 0.1) is 6.92 Å². The molecule has 0 saturated carbocycles. The normalized spacial score (nSPS) is 10.7. The fraction of sp³-hybridized carbons (Fsp3) is 0.200. The van der Waals surface area contributed by atoms with Gasteiger partial charge in [0.05, 0.1) is 19.4 Å². The lowest BCUT2D eigenvalue weighted by molar-refractivity contribution is 0.239. The Morgan fingerprint density at radius 2 is 2.10 bits per heavy atom. The molecule has 0 aliphatic carbocycles. The van der Waals surface area contributed by atoms with E-state index in [-0.39, 0.29) is 6.03 Å². The van der Waals surface area contributed by atoms with Crippen LogP contribution >= 0.6 is 0 Å². The molecule has 3 aromatic rings. The number of fused-ring (bicyclic) bond motifs is 1. The van der Waals surface area contributed by atoms with Gasteiger partial charge in [0.15, 0.2) is 5.58 Å². The van der Waals surface area contributed by atoms with Gasteiger partial charge in [-0.2, -0.15) is 0 Å². The van der Waals surface area contributed by atoms with Crippen molar-refractivity contribution < 1.29 is 13.7 Å². The summed E-state index contributed by atoms with van der Waals surface area (Å²) in [7, 11) is 0. The van der Waals surface area contributed by atoms with Gasteiger partial charge in [0.25, 0.3) is 0 Å². The molecule has 0 aliphatic rings. The van der Waals surface area contributed by atoms with Crippen LogP contribution in [0.2, 0.25) is 0 Å². The maximum Gasteiger partial charge on any atom is 0.315 e. The Hall–Kier alpha value is -2.76. The summed E-state index contributed by atoms with van der Waals surface area (Å²) >= 11 is 0. The number of amides is 2. The van der Waals surface area contributed by atoms with Crippen LogP contribution in [0.25, 0.3) is 11.0 Å². The quantitative estimate of drug-likeness (QED) is 0.772. The van der Waals surface area contributed by atoms with Gasteiger partial charge in [0.2, 0.25) is 0 Å². The van der Waals surface area contributed by atoms with E-state index in [1.807, 2.05) is 25.1 Å². The highest BCUT2D eigenvalue weighted by Crippen LogP contribution is 2.19. The van der Waals surface area contributed by atoms with Crippen LogP contribution < -0.4 is 10.6 Å². The number of benzene rings is 1. The molecule has 2 aromatic heterocycles. The van der Waals surface area contributed by atoms with Crippen LogP contribution in [-0.4, -0.2) is 11.2 Å². The van der Waals surface area contributed by atoms with Crippen LogP contribution in [0.4, 0.5) is 4.79 Å². The first kappa shape index (κ1) is 13.2. The smallest absolute Gasteiger partial charge is 0.315 e. The summed E-state index contributed by atoms with van der Waals surface area (Å²) in [6.45, 7) is 2.65. The second-order valence-corrected chi connectivity index (χ2v) is 4.74. The van der Waals surface area contributed by atoms with Gasteiger partial charge >= 0.3 is 6.03 Å². The highest BCUT2D eigenvalue weighted by molar-refractivity contribution is 5.81. The van der Waals surface area contributed by atoms with Gasteiger partial charge in [-0.3, -0.25) is 0 Å². The Kier molecular flexibility index (Phi) is 3.59. The molecule has 0 spiro atoms. The zero-order valence-electron chi connectivity index (χ0n) is 11.6. The number of furan rings is 1. The summed E-state index contributed by atoms with van der Waals surface area (Å²) in [4.78, 5) is 11.7. The molecule has 0 radical (unpaired) electrons. The van der Waals surface area contributed by atoms with Gasteiger partial charge in [0.1, 0.15) is 11.5 Å². The first-order chi connectivity index (χ1) is 10.2. The highest BCUT2D eigenvalue weighted by Gasteiger charge is 2.09. The molecule has 21 heavy (non-hydrogen) atoms. The lowest BCUT2D eigenvalue weighted by Crippen LogP contribution is -2.34. The number of rotatable bonds is 4. The van der Waals surface area contributed by atoms with E-state index in [9.17, 15) is 4.79 Å². The number of aryl methyl sites for hydroxylation is 1. The molecule has 6 nitrogen and oxygen atoms in total. The topological polar surface area (TPSA) is 80.3 Å². The second kappa shape index (κ2) is 5.70. The minimum Gasteiger partial charge on any atom is -0.467 e. The van der Waals surface area contributed by atoms with Crippen LogP contribution in [0.3, 0.4) is 0 Å². The zero-order chi connectivity index (χ0) is 14.7. The lowest BCUT2D eigenvalue weighted by atomic mass is 10.1. The number of carbonyl (C=O) groups excluding carboxylic acids is 1. The van der Waals surface area contributed by atoms with Gasteiger partial charge in [0, 0.05) is 5.39 Å². The minimum absolute atomic E-state index is 0.282. The maximum absolute atomic E-state index is 11.7. The van der Waals surface area contributed by atoms with E-state index in [2.05, 4.69) is 15.8 Å². The number of hydrogen-bond donors (Lipinski definition) is 2. The molecule has 6 heteroatoms. The molecule has 3 rings (SSSR count). The predicted octanol–water partition coefficient (Wildman–Crippen LogP) is 2.73. The Labute approximate surface area is 121 Å². The number of hydrogen-bond acceptors (Lipinski definition) is 4. The van der Waals surface area contributed by atoms with Gasteiger partial charge in [-0.05, 0) is 31.2 Å². The van der Waals surface area contributed by atoms with Crippen molar-refractivity contribution in [3.8, 4) is 0 Å². The summed E-state index contributed by atoms with van der Waals surface area (Å²) in [5.74, 6) is 0.702. The van der Waals surface area contributed by atoms with E-state index in [4.69, 9.17) is 8.94 Å². The maximum atomic E-state index is 11.7. The minimum atomic E-state index is -0.282. The average Bonchev–Trinajstić information content (AvgIpc) is 3.12. The molecular formula is C15H15N3O3. The Morgan fingerprint density at radius 3 is 2.90 bits per heavy atom. The van der Waals surface area contributed by atoms with Crippen molar-refractivity contribution in [2.45, 2.75) is 20.0 Å². The highest BCUT2D eigenvalue weighted by atomic mass is 16.5. The zero-order valence-corrected chi connectivity index (χ0v) is 11.6. The number of carbonyl (C=O) groups is 1. The molecule has 0 bridgehead atoms. The monoisotopic (exact) mass is 285 g/mol. The fourth-order valence-electron chi connectivity index (χ4n) is 2.04. The van der Waals surface area contributed by atoms with Gasteiger partial charge in [-0.15, -0.1) is 0 Å². The second-order valence-electron chi connectivity index (χ2n) is 4.74. The Balaban J connectivity index is 1.58. The molecule has 2 heterocycles. The molecule has 0 saturated heterocycles. The van der Waals surface area contributed by atoms with Crippen molar-refractivity contribution in [3.05, 3.63) is 53.6 Å². The van der Waals surface area contributed by atoms with Crippen LogP contribution in [-0.2, 0) is 13.1 Å². The van der Waals surface area contributed by atoms with Crippen molar-refractivity contribution in [1.29, 1.82) is 0 Å². The van der Waals surface area contributed by atoms with Crippen molar-refractivity contribution >= 4 is 17.0 Å². The van der Waals surface area contributed by atoms with E-state index in [1.165, 1.54) is 0 Å². The van der Waals surface area contributed by atoms with E-state index in [0.717, 1.165) is 10.9 Å². The SMILES string of the molecule is Cc1ccc2onc(CNC(=O)NCc3ccco3)c2c1. The standard InChI is InChI=1S/C15H15N3O3/c1-10-4-5-14-12(7-10)13(18-21-14)9-17-15(19)16-8-11-3-2-6-20-11/h2-7H,8-9H2,1H3,(H2,16,17,19). The van der Waals surface area contributed by atoms with E-state index in [1.54, 1.807) is 18.4 Å². The molecule has 0 aliphatic heterocycles. The van der Waals surface area contributed by atoms with Crippen LogP contribution in [0.15, 0.2) is 45.5 Å². The largest absolute Gasteiger partial charge is 0.467 e. The van der Waals surface area contributed by atoms with Crippen molar-refractivity contribution in [1.82, 2.24) is 15.8 Å². The molecule has 108 valence electrons. The summed E-state index contributed by atoms with van der Waals surface area (Å²) in [5, 5.41) is 10.3. The third-order valence-electron chi connectivity index (χ3n) is 3.12. The van der Waals surface area contributed by atoms with E-state index in [0.29, 0.717) is 30.1 Å². The summed E-state index contributed by atoms with van der Waals surface area (Å²) < 4.78 is 10.4. The molecule has 2 N–H and O–H groups in total. The van der Waals surface area contributed by atoms with Gasteiger partial charge < -0.3 is 19.6 Å². The lowest BCUT2D eigenvalue weighted by Gasteiger charge is -2.04. The number of aromatic nitrogens is 1. The summed E-state index contributed by atoms with van der Waals surface area (Å²) in [5.41, 5.74) is 2.55. The molecule has 1 aromatic carbocycles. The molecule has 0 atom stereocenters. The Morgan fingerprint density at radius 1 is 1.24 bits per heavy atom. The van der Waals surface area contributed by atoms with Gasteiger partial charge in [-0.25, -0.2) is 4.79 Å². The number of nitrogens with one attached hydrogen (secondary N) is 2. The average molecular weight is 285 g/mol. The van der Waals surface area contributed by atoms with Crippen molar-refractivity contribution in [2.75, 3.05) is 0 Å². The molecular weight excluding hydrogens is 270 g/mol. The summed E-state index contributed by atoms with van der Waals surface area (Å²) in [6, 6.07) is 9.12. The van der Waals surface area contributed by atoms with Crippen molar-refractivity contribution in [2.24, 2.45) is 0 Å². The first-order valence-corrected chi connectivity index (χ1v) is 6.61. The van der Waals surface area contributed by atoms with Crippen molar-refractivity contribution in [3.63, 3.8) is 0 Å². The molecule has 2 amide bonds. The fourth-order valence-corrected chi connectivity index (χ4v) is 2.04. The Bertz CT molecular complexity index is 747. The third-order valence-corrected chi connectivity index (χ3v) is 3.12. The predicted molar refractivity (Wildman–Crippen MR) is 76.5 cm³/mol.